The maximum atomic E-state index is 11.7. The molecule has 0 saturated carbocycles. The Labute approximate surface area is 98.9 Å². The number of ketones is 1. The Hall–Kier alpha value is -1.88. The van der Waals surface area contributed by atoms with Crippen LogP contribution < -0.4 is 5.73 Å². The number of aromatic hydroxyl groups is 1. The molecule has 5 nitrogen and oxygen atoms in total. The number of phenolic OH excluding ortho intramolecular Hbond substituents is 1. The van der Waals surface area contributed by atoms with Gasteiger partial charge in [0.25, 0.3) is 0 Å². The molecule has 0 radical (unpaired) electrons. The number of aliphatic carboxylic acids is 1. The van der Waals surface area contributed by atoms with Gasteiger partial charge in [0.05, 0.1) is 5.92 Å². The SMILES string of the molecule is CCC(=O)C(c1ccc(O)cc1)[C@H](N)C(=O)O. The quantitative estimate of drug-likeness (QED) is 0.705. The molecule has 0 aliphatic carbocycles. The summed E-state index contributed by atoms with van der Waals surface area (Å²) in [6.07, 6.45) is 0.215. The highest BCUT2D eigenvalue weighted by Crippen LogP contribution is 2.23. The van der Waals surface area contributed by atoms with Crippen molar-refractivity contribution in [3.8, 4) is 5.75 Å². The number of hydrogen-bond donors (Lipinski definition) is 3. The van der Waals surface area contributed by atoms with Crippen LogP contribution in [0.25, 0.3) is 0 Å². The summed E-state index contributed by atoms with van der Waals surface area (Å²) in [5.41, 5.74) is 6.03. The largest absolute Gasteiger partial charge is 0.508 e. The molecule has 17 heavy (non-hydrogen) atoms. The van der Waals surface area contributed by atoms with Gasteiger partial charge in [0.15, 0.2) is 0 Å². The van der Waals surface area contributed by atoms with Crippen molar-refractivity contribution in [1.29, 1.82) is 0 Å². The Bertz CT molecular complexity index is 413. The maximum Gasteiger partial charge on any atom is 0.321 e. The molecule has 4 N–H and O–H groups in total. The first-order valence-electron chi connectivity index (χ1n) is 5.27. The molecule has 1 unspecified atom stereocenters. The van der Waals surface area contributed by atoms with Crippen LogP contribution in [0.15, 0.2) is 24.3 Å². The predicted molar refractivity (Wildman–Crippen MR) is 61.8 cm³/mol. The van der Waals surface area contributed by atoms with Crippen LogP contribution in [-0.4, -0.2) is 28.0 Å². The van der Waals surface area contributed by atoms with E-state index in [0.29, 0.717) is 5.56 Å². The Morgan fingerprint density at radius 1 is 1.29 bits per heavy atom. The fourth-order valence-corrected chi connectivity index (χ4v) is 1.64. The highest BCUT2D eigenvalue weighted by molar-refractivity contribution is 5.92. The van der Waals surface area contributed by atoms with Crippen LogP contribution in [0, 0.1) is 0 Å². The van der Waals surface area contributed by atoms with Crippen molar-refractivity contribution in [1.82, 2.24) is 0 Å². The average Bonchev–Trinajstić information content (AvgIpc) is 2.31. The molecule has 1 rings (SSSR count). The van der Waals surface area contributed by atoms with Gasteiger partial charge < -0.3 is 15.9 Å². The van der Waals surface area contributed by atoms with Crippen molar-refractivity contribution < 1.29 is 19.8 Å². The van der Waals surface area contributed by atoms with Crippen LogP contribution in [-0.2, 0) is 9.59 Å². The lowest BCUT2D eigenvalue weighted by molar-refractivity contribution is -0.141. The van der Waals surface area contributed by atoms with Crippen molar-refractivity contribution in [3.63, 3.8) is 0 Å². The van der Waals surface area contributed by atoms with Crippen LogP contribution in [0.3, 0.4) is 0 Å². The average molecular weight is 237 g/mol. The third-order valence-electron chi connectivity index (χ3n) is 2.59. The fourth-order valence-electron chi connectivity index (χ4n) is 1.64. The second-order valence-electron chi connectivity index (χ2n) is 3.75. The first kappa shape index (κ1) is 13.2. The third kappa shape index (κ3) is 3.04. The standard InChI is InChI=1S/C12H15NO4/c1-2-9(15)10(11(13)12(16)17)7-3-5-8(14)6-4-7/h3-6,10-11,14H,2,13H2,1H3,(H,16,17)/t10?,11-/m0/s1. The van der Waals surface area contributed by atoms with Crippen molar-refractivity contribution in [2.45, 2.75) is 25.3 Å². The van der Waals surface area contributed by atoms with Crippen LogP contribution in [0.4, 0.5) is 0 Å². The van der Waals surface area contributed by atoms with Gasteiger partial charge in [-0.05, 0) is 17.7 Å². The van der Waals surface area contributed by atoms with E-state index in [1.54, 1.807) is 6.92 Å². The van der Waals surface area contributed by atoms with Gasteiger partial charge >= 0.3 is 5.97 Å². The minimum absolute atomic E-state index is 0.0559. The summed E-state index contributed by atoms with van der Waals surface area (Å²) in [4.78, 5) is 22.6. The van der Waals surface area contributed by atoms with Gasteiger partial charge in [-0.2, -0.15) is 0 Å². The lowest BCUT2D eigenvalue weighted by Gasteiger charge is -2.19. The Morgan fingerprint density at radius 3 is 2.24 bits per heavy atom. The summed E-state index contributed by atoms with van der Waals surface area (Å²) in [6.45, 7) is 1.66. The predicted octanol–water partition coefficient (Wildman–Crippen LogP) is 0.867. The number of carboxylic acids is 1. The molecule has 92 valence electrons. The molecule has 5 heteroatoms. The van der Waals surface area contributed by atoms with E-state index in [1.165, 1.54) is 24.3 Å². The van der Waals surface area contributed by atoms with Crippen molar-refractivity contribution in [3.05, 3.63) is 29.8 Å². The van der Waals surface area contributed by atoms with E-state index in [1.807, 2.05) is 0 Å². The number of rotatable bonds is 5. The summed E-state index contributed by atoms with van der Waals surface area (Å²) < 4.78 is 0. The summed E-state index contributed by atoms with van der Waals surface area (Å²) in [6, 6.07) is 4.55. The molecule has 1 aromatic rings. The van der Waals surface area contributed by atoms with E-state index in [-0.39, 0.29) is 18.0 Å². The summed E-state index contributed by atoms with van der Waals surface area (Å²) >= 11 is 0. The zero-order valence-corrected chi connectivity index (χ0v) is 9.46. The molecule has 2 atom stereocenters. The van der Waals surface area contributed by atoms with Gasteiger partial charge in [-0.3, -0.25) is 9.59 Å². The fraction of sp³-hybridized carbons (Fsp3) is 0.333. The van der Waals surface area contributed by atoms with E-state index in [9.17, 15) is 9.59 Å². The zero-order valence-electron chi connectivity index (χ0n) is 9.46. The van der Waals surface area contributed by atoms with E-state index >= 15 is 0 Å². The monoisotopic (exact) mass is 237 g/mol. The topological polar surface area (TPSA) is 101 Å². The molecule has 0 aromatic heterocycles. The van der Waals surface area contributed by atoms with E-state index in [4.69, 9.17) is 15.9 Å². The van der Waals surface area contributed by atoms with E-state index < -0.39 is 17.9 Å². The van der Waals surface area contributed by atoms with Crippen molar-refractivity contribution in [2.75, 3.05) is 0 Å². The Morgan fingerprint density at radius 2 is 1.82 bits per heavy atom. The maximum absolute atomic E-state index is 11.7. The number of nitrogens with two attached hydrogens (primary N) is 1. The number of carboxylic acid groups (broad SMARTS) is 1. The molecule has 0 amide bonds. The summed E-state index contributed by atoms with van der Waals surface area (Å²) in [7, 11) is 0. The molecule has 0 bridgehead atoms. The lowest BCUT2D eigenvalue weighted by Crippen LogP contribution is -2.40. The Balaban J connectivity index is 3.10. The normalized spacial score (nSPS) is 14.0. The minimum atomic E-state index is -1.27. The summed E-state index contributed by atoms with van der Waals surface area (Å²) in [5, 5.41) is 18.0. The molecular formula is C12H15NO4. The third-order valence-corrected chi connectivity index (χ3v) is 2.59. The van der Waals surface area contributed by atoms with Crippen LogP contribution in [0.2, 0.25) is 0 Å². The molecular weight excluding hydrogens is 222 g/mol. The zero-order chi connectivity index (χ0) is 13.0. The number of hydrogen-bond acceptors (Lipinski definition) is 4. The molecule has 0 spiro atoms. The number of carbonyl (C=O) groups excluding carboxylic acids is 1. The highest BCUT2D eigenvalue weighted by Gasteiger charge is 2.30. The smallest absolute Gasteiger partial charge is 0.321 e. The summed E-state index contributed by atoms with van der Waals surface area (Å²) in [5.74, 6) is -2.27. The van der Waals surface area contributed by atoms with Crippen molar-refractivity contribution >= 4 is 11.8 Å². The lowest BCUT2D eigenvalue weighted by atomic mass is 9.87. The van der Waals surface area contributed by atoms with Gasteiger partial charge in [-0.15, -0.1) is 0 Å². The van der Waals surface area contributed by atoms with Gasteiger partial charge in [-0.1, -0.05) is 19.1 Å². The van der Waals surface area contributed by atoms with Crippen LogP contribution >= 0.6 is 0 Å². The molecule has 0 aliphatic rings. The highest BCUT2D eigenvalue weighted by atomic mass is 16.4. The minimum Gasteiger partial charge on any atom is -0.508 e. The van der Waals surface area contributed by atoms with Gasteiger partial charge in [0, 0.05) is 6.42 Å². The number of carbonyl (C=O) groups is 2. The van der Waals surface area contributed by atoms with Gasteiger partial charge in [0.1, 0.15) is 17.6 Å². The van der Waals surface area contributed by atoms with E-state index in [2.05, 4.69) is 0 Å². The molecule has 0 heterocycles. The first-order valence-corrected chi connectivity index (χ1v) is 5.27. The number of phenols is 1. The molecule has 0 saturated heterocycles. The van der Waals surface area contributed by atoms with Gasteiger partial charge in [-0.25, -0.2) is 0 Å². The van der Waals surface area contributed by atoms with Crippen molar-refractivity contribution in [2.24, 2.45) is 5.73 Å². The van der Waals surface area contributed by atoms with Crippen LogP contribution in [0.5, 0.6) is 5.75 Å². The van der Waals surface area contributed by atoms with E-state index in [0.717, 1.165) is 0 Å². The Kier molecular flexibility index (Phi) is 4.23. The second-order valence-corrected chi connectivity index (χ2v) is 3.75. The second kappa shape index (κ2) is 5.45. The molecule has 0 aliphatic heterocycles. The molecule has 0 fully saturated rings. The number of benzene rings is 1. The first-order chi connectivity index (χ1) is 7.97. The van der Waals surface area contributed by atoms with Gasteiger partial charge in [0.2, 0.25) is 0 Å². The molecule has 1 aromatic carbocycles. The van der Waals surface area contributed by atoms with Crippen LogP contribution in [0.1, 0.15) is 24.8 Å². The number of Topliss-reactive ketones (excluding diaryl/α,β-unsaturated/α-hetero) is 1.